The number of methoxy groups -OCH3 is 2. The summed E-state index contributed by atoms with van der Waals surface area (Å²) >= 11 is 6.82. The van der Waals surface area contributed by atoms with Gasteiger partial charge in [-0.1, -0.05) is 18.2 Å². The molecule has 0 unspecified atom stereocenters. The van der Waals surface area contributed by atoms with Gasteiger partial charge in [0, 0.05) is 35.7 Å². The molecule has 4 heterocycles. The molecule has 1 aromatic carbocycles. The minimum absolute atomic E-state index is 0.181. The number of fused-ring (bicyclic) bond motifs is 1. The summed E-state index contributed by atoms with van der Waals surface area (Å²) in [5.41, 5.74) is 1.64. The average molecular weight is 592 g/mol. The fourth-order valence-electron chi connectivity index (χ4n) is 5.37. The van der Waals surface area contributed by atoms with E-state index in [1.807, 2.05) is 19.9 Å². The molecule has 12 heteroatoms. The van der Waals surface area contributed by atoms with Crippen molar-refractivity contribution in [1.29, 1.82) is 5.26 Å². The summed E-state index contributed by atoms with van der Waals surface area (Å²) < 4.78 is 16.7. The van der Waals surface area contributed by atoms with Gasteiger partial charge in [0.05, 0.1) is 67.7 Å². The van der Waals surface area contributed by atoms with Crippen molar-refractivity contribution < 1.29 is 19.0 Å². The van der Waals surface area contributed by atoms with Crippen LogP contribution in [0.5, 0.6) is 11.5 Å². The maximum Gasteiger partial charge on any atom is 0.243 e. The highest BCUT2D eigenvalue weighted by atomic mass is 35.5. The lowest BCUT2D eigenvalue weighted by molar-refractivity contribution is -0.117. The van der Waals surface area contributed by atoms with Gasteiger partial charge >= 0.3 is 0 Å². The van der Waals surface area contributed by atoms with Crippen LogP contribution in [0.15, 0.2) is 31.0 Å². The van der Waals surface area contributed by atoms with Gasteiger partial charge < -0.3 is 29.7 Å². The Morgan fingerprint density at radius 1 is 1.21 bits per heavy atom. The zero-order valence-electron chi connectivity index (χ0n) is 24.2. The summed E-state index contributed by atoms with van der Waals surface area (Å²) in [4.78, 5) is 28.7. The molecule has 2 aliphatic rings. The van der Waals surface area contributed by atoms with E-state index in [1.165, 1.54) is 6.08 Å². The van der Waals surface area contributed by atoms with Crippen LogP contribution in [0.4, 0.5) is 11.6 Å². The van der Waals surface area contributed by atoms with Gasteiger partial charge in [0.15, 0.2) is 5.82 Å². The Morgan fingerprint density at radius 2 is 1.93 bits per heavy atom. The quantitative estimate of drug-likeness (QED) is 0.365. The van der Waals surface area contributed by atoms with Crippen molar-refractivity contribution in [2.45, 2.75) is 38.8 Å². The predicted molar refractivity (Wildman–Crippen MR) is 161 cm³/mol. The number of nitrogens with one attached hydrogen (secondary N) is 2. The molecule has 3 aromatic rings. The Labute approximate surface area is 249 Å². The first kappa shape index (κ1) is 29.4. The lowest BCUT2D eigenvalue weighted by atomic mass is 9.82. The third-order valence-corrected chi connectivity index (χ3v) is 8.41. The molecule has 0 saturated carbocycles. The third-order valence-electron chi connectivity index (χ3n) is 8.03. The number of benzene rings is 1. The molecule has 5 rings (SSSR count). The Morgan fingerprint density at radius 3 is 2.60 bits per heavy atom. The second-order valence-electron chi connectivity index (χ2n) is 10.8. The summed E-state index contributed by atoms with van der Waals surface area (Å²) in [6, 6.07) is 5.71. The number of halogens is 1. The van der Waals surface area contributed by atoms with Gasteiger partial charge in [-0.3, -0.25) is 4.79 Å². The summed E-state index contributed by atoms with van der Waals surface area (Å²) in [7, 11) is 3.14. The van der Waals surface area contributed by atoms with Crippen LogP contribution < -0.4 is 25.0 Å². The molecule has 0 spiro atoms. The monoisotopic (exact) mass is 591 g/mol. The number of piperidine rings is 1. The molecule has 0 radical (unpaired) electrons. The Hall–Kier alpha value is -4.14. The topological polar surface area (TPSA) is 135 Å². The number of amides is 1. The SMILES string of the molecule is C=CC(=O)N[C@H]1COC[C@H]1Nc1cc2c(N3CCC(C)(C#N)CC3)nc(-c3c(C)c(OC)cc(OC)c3Cl)nc2cn1. The second-order valence-corrected chi connectivity index (χ2v) is 11.2. The molecular weight excluding hydrogens is 558 g/mol. The van der Waals surface area contributed by atoms with Gasteiger partial charge in [-0.25, -0.2) is 15.0 Å². The number of hydrogen-bond acceptors (Lipinski definition) is 10. The summed E-state index contributed by atoms with van der Waals surface area (Å²) in [6.45, 7) is 9.54. The number of pyridine rings is 1. The Balaban J connectivity index is 1.60. The number of aromatic nitrogens is 3. The fraction of sp³-hybridized carbons (Fsp3) is 0.433. The van der Waals surface area contributed by atoms with E-state index in [9.17, 15) is 10.1 Å². The van der Waals surface area contributed by atoms with Crippen LogP contribution in [0.25, 0.3) is 22.3 Å². The molecule has 2 saturated heterocycles. The van der Waals surface area contributed by atoms with Crippen molar-refractivity contribution in [3.63, 3.8) is 0 Å². The number of nitrogens with zero attached hydrogens (tertiary/aromatic N) is 5. The highest BCUT2D eigenvalue weighted by Crippen LogP contribution is 2.43. The van der Waals surface area contributed by atoms with Crippen LogP contribution in [0.1, 0.15) is 25.3 Å². The van der Waals surface area contributed by atoms with Gasteiger partial charge in [0.25, 0.3) is 0 Å². The zero-order valence-corrected chi connectivity index (χ0v) is 24.9. The molecule has 2 fully saturated rings. The maximum absolute atomic E-state index is 11.9. The first-order chi connectivity index (χ1) is 20.2. The van der Waals surface area contributed by atoms with E-state index >= 15 is 0 Å². The van der Waals surface area contributed by atoms with Gasteiger partial charge in [-0.2, -0.15) is 5.26 Å². The lowest BCUT2D eigenvalue weighted by Crippen LogP contribution is -2.45. The smallest absolute Gasteiger partial charge is 0.243 e. The molecule has 0 bridgehead atoms. The van der Waals surface area contributed by atoms with Crippen molar-refractivity contribution >= 4 is 40.0 Å². The molecule has 2 N–H and O–H groups in total. The first-order valence-electron chi connectivity index (χ1n) is 13.7. The Kier molecular flexibility index (Phi) is 8.38. The first-order valence-corrected chi connectivity index (χ1v) is 14.1. The lowest BCUT2D eigenvalue weighted by Gasteiger charge is -2.36. The zero-order chi connectivity index (χ0) is 30.0. The van der Waals surface area contributed by atoms with Crippen LogP contribution in [0.2, 0.25) is 5.02 Å². The largest absolute Gasteiger partial charge is 0.496 e. The van der Waals surface area contributed by atoms with Gasteiger partial charge in [0.1, 0.15) is 23.1 Å². The van der Waals surface area contributed by atoms with E-state index in [2.05, 4.69) is 33.2 Å². The molecular formula is C30H34ClN7O4. The average Bonchev–Trinajstić information content (AvgIpc) is 3.43. The highest BCUT2D eigenvalue weighted by molar-refractivity contribution is 6.35. The molecule has 42 heavy (non-hydrogen) atoms. The molecule has 2 aromatic heterocycles. The molecule has 2 aliphatic heterocycles. The third kappa shape index (κ3) is 5.65. The van der Waals surface area contributed by atoms with Crippen molar-refractivity contribution in [1.82, 2.24) is 20.3 Å². The number of hydrogen-bond donors (Lipinski definition) is 2. The normalized spacial score (nSPS) is 19.7. The molecule has 220 valence electrons. The summed E-state index contributed by atoms with van der Waals surface area (Å²) in [5.74, 6) is 2.54. The summed E-state index contributed by atoms with van der Waals surface area (Å²) in [6.07, 6.45) is 4.35. The van der Waals surface area contributed by atoms with Crippen LogP contribution in [0.3, 0.4) is 0 Å². The van der Waals surface area contributed by atoms with Crippen molar-refractivity contribution in [3.8, 4) is 29.0 Å². The molecule has 1 amide bonds. The standard InChI is InChI=1S/C30H34ClN7O4/c1-6-25(39)35-21-15-42-14-20(21)34-24-11-18-19(13-33-24)36-28(26-17(2)22(40-4)12-23(41-5)27(26)31)37-29(18)38-9-7-30(3,16-32)8-10-38/h6,11-13,20-21H,1,7-10,14-15H2,2-5H3,(H,33,34)(H,35,39)/t20-,21+/m1/s1. The van der Waals surface area contributed by atoms with Crippen LogP contribution in [0, 0.1) is 23.7 Å². The fourth-order valence-corrected chi connectivity index (χ4v) is 5.73. The summed E-state index contributed by atoms with van der Waals surface area (Å²) in [5, 5.41) is 17.2. The van der Waals surface area contributed by atoms with E-state index < -0.39 is 0 Å². The van der Waals surface area contributed by atoms with Gasteiger partial charge in [-0.05, 0) is 38.8 Å². The second kappa shape index (κ2) is 12.0. The van der Waals surface area contributed by atoms with Crippen molar-refractivity contribution in [2.24, 2.45) is 5.41 Å². The molecule has 0 aliphatic carbocycles. The van der Waals surface area contributed by atoms with E-state index in [1.54, 1.807) is 26.5 Å². The van der Waals surface area contributed by atoms with Gasteiger partial charge in [0.2, 0.25) is 5.91 Å². The number of rotatable bonds is 8. The van der Waals surface area contributed by atoms with E-state index in [4.69, 9.17) is 35.8 Å². The van der Waals surface area contributed by atoms with Gasteiger partial charge in [-0.15, -0.1) is 0 Å². The van der Waals surface area contributed by atoms with Crippen molar-refractivity contribution in [3.05, 3.63) is 41.6 Å². The van der Waals surface area contributed by atoms with Crippen molar-refractivity contribution in [2.75, 3.05) is 50.7 Å². The predicted octanol–water partition coefficient (Wildman–Crippen LogP) is 4.28. The van der Waals surface area contributed by atoms with E-state index in [-0.39, 0.29) is 23.4 Å². The number of ether oxygens (including phenoxy) is 3. The maximum atomic E-state index is 11.9. The number of anilines is 2. The Bertz CT molecular complexity index is 1540. The van der Waals surface area contributed by atoms with E-state index in [0.717, 1.165) is 16.8 Å². The molecule has 11 nitrogen and oxygen atoms in total. The van der Waals surface area contributed by atoms with Crippen LogP contribution in [-0.2, 0) is 9.53 Å². The highest BCUT2D eigenvalue weighted by Gasteiger charge is 2.33. The number of carbonyl (C=O) groups excluding carboxylic acids is 1. The minimum atomic E-state index is -0.385. The number of nitriles is 1. The molecule has 2 atom stereocenters. The van der Waals surface area contributed by atoms with Crippen LogP contribution in [-0.4, -0.2) is 73.5 Å². The number of carbonyl (C=O) groups is 1. The minimum Gasteiger partial charge on any atom is -0.496 e. The van der Waals surface area contributed by atoms with E-state index in [0.29, 0.717) is 78.4 Å². The van der Waals surface area contributed by atoms with Crippen LogP contribution >= 0.6 is 11.6 Å².